The van der Waals surface area contributed by atoms with Gasteiger partial charge in [-0.25, -0.2) is 0 Å². The third-order valence-electron chi connectivity index (χ3n) is 3.73. The third-order valence-corrected chi connectivity index (χ3v) is 4.24. The topological polar surface area (TPSA) is 84.3 Å². The number of hydrogen-bond acceptors (Lipinski definition) is 4. The molecule has 0 aliphatic carbocycles. The average molecular weight is 378 g/mol. The van der Waals surface area contributed by atoms with Crippen molar-refractivity contribution >= 4 is 46.2 Å². The van der Waals surface area contributed by atoms with Crippen molar-refractivity contribution in [2.45, 2.75) is 20.8 Å². The summed E-state index contributed by atoms with van der Waals surface area (Å²) in [6.45, 7) is 5.56. The molecule has 6 nitrogen and oxygen atoms in total. The highest BCUT2D eigenvalue weighted by Gasteiger charge is 2.16. The summed E-state index contributed by atoms with van der Waals surface area (Å²) >= 11 is 11.0. The van der Waals surface area contributed by atoms with Gasteiger partial charge >= 0.3 is 0 Å². The lowest BCUT2D eigenvalue weighted by molar-refractivity contribution is -0.384. The Hall–Kier alpha value is -2.51. The molecule has 0 fully saturated rings. The maximum Gasteiger partial charge on any atom is 0.288 e. The highest BCUT2D eigenvalue weighted by atomic mass is 35.5. The van der Waals surface area contributed by atoms with E-state index in [-0.39, 0.29) is 21.7 Å². The molecule has 0 heterocycles. The van der Waals surface area contributed by atoms with Crippen molar-refractivity contribution in [3.8, 4) is 0 Å². The van der Waals surface area contributed by atoms with Crippen LogP contribution < -0.4 is 10.6 Å². The highest BCUT2D eigenvalue weighted by molar-refractivity contribution is 7.80. The van der Waals surface area contributed by atoms with E-state index in [2.05, 4.69) is 10.6 Å². The van der Waals surface area contributed by atoms with E-state index in [0.29, 0.717) is 16.8 Å². The van der Waals surface area contributed by atoms with Crippen LogP contribution in [0.4, 0.5) is 11.4 Å². The van der Waals surface area contributed by atoms with Gasteiger partial charge in [0.1, 0.15) is 5.02 Å². The molecular weight excluding hydrogens is 362 g/mol. The van der Waals surface area contributed by atoms with Gasteiger partial charge < -0.3 is 5.32 Å². The minimum absolute atomic E-state index is 0.0126. The van der Waals surface area contributed by atoms with Gasteiger partial charge in [0.05, 0.1) is 4.92 Å². The van der Waals surface area contributed by atoms with Crippen LogP contribution in [0.1, 0.15) is 27.0 Å². The van der Waals surface area contributed by atoms with E-state index >= 15 is 0 Å². The number of halogens is 1. The summed E-state index contributed by atoms with van der Waals surface area (Å²) in [6, 6.07) is 8.11. The quantitative estimate of drug-likeness (QED) is 0.473. The molecule has 0 radical (unpaired) electrons. The van der Waals surface area contributed by atoms with Gasteiger partial charge in [-0.05, 0) is 67.9 Å². The zero-order valence-electron chi connectivity index (χ0n) is 13.8. The van der Waals surface area contributed by atoms with Gasteiger partial charge in [-0.2, -0.15) is 0 Å². The lowest BCUT2D eigenvalue weighted by Crippen LogP contribution is -2.34. The summed E-state index contributed by atoms with van der Waals surface area (Å²) in [5.74, 6) is -0.341. The second kappa shape index (κ2) is 7.58. The highest BCUT2D eigenvalue weighted by Crippen LogP contribution is 2.30. The lowest BCUT2D eigenvalue weighted by atomic mass is 10.1. The molecule has 0 bridgehead atoms. The number of benzene rings is 2. The zero-order valence-corrected chi connectivity index (χ0v) is 15.4. The molecule has 0 saturated heterocycles. The number of anilines is 1. The van der Waals surface area contributed by atoms with Gasteiger partial charge in [-0.1, -0.05) is 17.7 Å². The first-order valence-corrected chi connectivity index (χ1v) is 8.11. The summed E-state index contributed by atoms with van der Waals surface area (Å²) in [5, 5.41) is 16.4. The van der Waals surface area contributed by atoms with Gasteiger partial charge in [0.2, 0.25) is 0 Å². The number of carbonyl (C=O) groups is 1. The minimum atomic E-state index is -0.557. The number of nitro benzene ring substituents is 1. The standard InChI is InChI=1S/C17H16ClN3O3S/c1-9-4-5-12(6-10(9)2)16(22)20-17(25)19-14-8-13(18)15(21(23)24)7-11(14)3/h4-8H,1-3H3,(H2,19,20,22,25). The predicted molar refractivity (Wildman–Crippen MR) is 102 cm³/mol. The molecular formula is C17H16ClN3O3S. The monoisotopic (exact) mass is 377 g/mol. The molecule has 0 unspecified atom stereocenters. The molecule has 2 N–H and O–H groups in total. The Kier molecular flexibility index (Phi) is 5.71. The van der Waals surface area contributed by atoms with E-state index in [1.165, 1.54) is 12.1 Å². The largest absolute Gasteiger partial charge is 0.332 e. The Morgan fingerprint density at radius 1 is 1.12 bits per heavy atom. The molecule has 0 aliphatic heterocycles. The molecule has 130 valence electrons. The lowest BCUT2D eigenvalue weighted by Gasteiger charge is -2.12. The number of carbonyl (C=O) groups excluding carboxylic acids is 1. The number of amides is 1. The Morgan fingerprint density at radius 3 is 2.40 bits per heavy atom. The van der Waals surface area contributed by atoms with E-state index in [0.717, 1.165) is 11.1 Å². The Labute approximate surface area is 155 Å². The average Bonchev–Trinajstić information content (AvgIpc) is 2.52. The fraction of sp³-hybridized carbons (Fsp3) is 0.176. The summed E-state index contributed by atoms with van der Waals surface area (Å²) < 4.78 is 0. The first kappa shape index (κ1) is 18.8. The van der Waals surface area contributed by atoms with E-state index in [1.807, 2.05) is 19.9 Å². The second-order valence-corrected chi connectivity index (χ2v) is 6.40. The fourth-order valence-electron chi connectivity index (χ4n) is 2.15. The summed E-state index contributed by atoms with van der Waals surface area (Å²) in [4.78, 5) is 22.6. The number of nitrogens with one attached hydrogen (secondary N) is 2. The number of rotatable bonds is 3. The molecule has 2 aromatic carbocycles. The van der Waals surface area contributed by atoms with Crippen molar-refractivity contribution in [2.75, 3.05) is 5.32 Å². The van der Waals surface area contributed by atoms with E-state index < -0.39 is 4.92 Å². The molecule has 2 rings (SSSR count). The summed E-state index contributed by atoms with van der Waals surface area (Å²) in [5.41, 5.74) is 3.47. The number of hydrogen-bond donors (Lipinski definition) is 2. The first-order chi connectivity index (χ1) is 11.7. The van der Waals surface area contributed by atoms with Crippen molar-refractivity contribution in [2.24, 2.45) is 0 Å². The van der Waals surface area contributed by atoms with Crippen LogP contribution in [-0.4, -0.2) is 15.9 Å². The SMILES string of the molecule is Cc1ccc(C(=O)NC(=S)Nc2cc(Cl)c([N+](=O)[O-])cc2C)cc1C. The van der Waals surface area contributed by atoms with Crippen molar-refractivity contribution in [1.82, 2.24) is 5.32 Å². The van der Waals surface area contributed by atoms with E-state index in [9.17, 15) is 14.9 Å². The van der Waals surface area contributed by atoms with Crippen LogP contribution in [0.2, 0.25) is 5.02 Å². The van der Waals surface area contributed by atoms with Gasteiger partial charge in [0, 0.05) is 17.3 Å². The molecule has 0 aromatic heterocycles. The molecule has 25 heavy (non-hydrogen) atoms. The summed E-state index contributed by atoms with van der Waals surface area (Å²) in [7, 11) is 0. The zero-order chi connectivity index (χ0) is 18.7. The van der Waals surface area contributed by atoms with E-state index in [1.54, 1.807) is 19.1 Å². The number of nitro groups is 1. The maximum absolute atomic E-state index is 12.3. The molecule has 0 atom stereocenters. The van der Waals surface area contributed by atoms with E-state index in [4.69, 9.17) is 23.8 Å². The summed E-state index contributed by atoms with van der Waals surface area (Å²) in [6.07, 6.45) is 0. The van der Waals surface area contributed by atoms with Crippen LogP contribution in [0.5, 0.6) is 0 Å². The smallest absolute Gasteiger partial charge is 0.288 e. The van der Waals surface area contributed by atoms with Crippen LogP contribution in [0.25, 0.3) is 0 Å². The van der Waals surface area contributed by atoms with Crippen LogP contribution in [-0.2, 0) is 0 Å². The molecule has 0 saturated carbocycles. The first-order valence-electron chi connectivity index (χ1n) is 7.33. The Balaban J connectivity index is 2.12. The Morgan fingerprint density at radius 2 is 1.80 bits per heavy atom. The maximum atomic E-state index is 12.3. The predicted octanol–water partition coefficient (Wildman–Crippen LogP) is 4.30. The van der Waals surface area contributed by atoms with Gasteiger partial charge in [0.25, 0.3) is 11.6 Å². The van der Waals surface area contributed by atoms with Crippen molar-refractivity contribution in [3.05, 3.63) is 67.7 Å². The Bertz CT molecular complexity index is 884. The minimum Gasteiger partial charge on any atom is -0.332 e. The molecule has 2 aromatic rings. The number of thiocarbonyl (C=S) groups is 1. The molecule has 8 heteroatoms. The normalized spacial score (nSPS) is 10.2. The number of aryl methyl sites for hydroxylation is 3. The molecule has 1 amide bonds. The second-order valence-electron chi connectivity index (χ2n) is 5.58. The fourth-order valence-corrected chi connectivity index (χ4v) is 2.59. The van der Waals surface area contributed by atoms with Crippen LogP contribution in [0.3, 0.4) is 0 Å². The van der Waals surface area contributed by atoms with Crippen molar-refractivity contribution in [3.63, 3.8) is 0 Å². The van der Waals surface area contributed by atoms with Crippen LogP contribution >= 0.6 is 23.8 Å². The van der Waals surface area contributed by atoms with Crippen molar-refractivity contribution < 1.29 is 9.72 Å². The van der Waals surface area contributed by atoms with Crippen LogP contribution in [0.15, 0.2) is 30.3 Å². The van der Waals surface area contributed by atoms with Gasteiger partial charge in [-0.3, -0.25) is 20.2 Å². The van der Waals surface area contributed by atoms with Gasteiger partial charge in [-0.15, -0.1) is 0 Å². The van der Waals surface area contributed by atoms with Crippen molar-refractivity contribution in [1.29, 1.82) is 0 Å². The van der Waals surface area contributed by atoms with Gasteiger partial charge in [0.15, 0.2) is 5.11 Å². The van der Waals surface area contributed by atoms with Crippen LogP contribution in [0, 0.1) is 30.9 Å². The molecule has 0 spiro atoms. The number of nitrogens with zero attached hydrogens (tertiary/aromatic N) is 1. The third kappa shape index (κ3) is 4.52. The molecule has 0 aliphatic rings.